The SMILES string of the molecule is COC(=O)c1ccc(NC(=O)c2ccc(N3CCCCC3=O)cc2)c(Cl)c1. The molecular formula is C20H19ClN2O4. The van der Waals surface area contributed by atoms with Crippen molar-refractivity contribution in [2.45, 2.75) is 19.3 Å². The van der Waals surface area contributed by atoms with E-state index < -0.39 is 5.97 Å². The molecule has 2 aromatic carbocycles. The van der Waals surface area contributed by atoms with Crippen molar-refractivity contribution in [2.75, 3.05) is 23.9 Å². The molecule has 0 bridgehead atoms. The first-order chi connectivity index (χ1) is 13.0. The first kappa shape index (κ1) is 18.9. The number of nitrogens with zero attached hydrogens (tertiary/aromatic N) is 1. The predicted molar refractivity (Wildman–Crippen MR) is 103 cm³/mol. The van der Waals surface area contributed by atoms with Gasteiger partial charge in [-0.1, -0.05) is 11.6 Å². The van der Waals surface area contributed by atoms with E-state index in [2.05, 4.69) is 10.1 Å². The zero-order valence-electron chi connectivity index (χ0n) is 14.8. The van der Waals surface area contributed by atoms with Crippen LogP contribution in [0, 0.1) is 0 Å². The highest BCUT2D eigenvalue weighted by atomic mass is 35.5. The summed E-state index contributed by atoms with van der Waals surface area (Å²) in [7, 11) is 1.28. The molecule has 0 aromatic heterocycles. The summed E-state index contributed by atoms with van der Waals surface area (Å²) < 4.78 is 4.64. The molecule has 0 radical (unpaired) electrons. The lowest BCUT2D eigenvalue weighted by atomic mass is 10.1. The maximum absolute atomic E-state index is 12.5. The Balaban J connectivity index is 1.71. The molecule has 140 valence electrons. The van der Waals surface area contributed by atoms with Crippen LogP contribution in [0.5, 0.6) is 0 Å². The Kier molecular flexibility index (Phi) is 5.76. The number of hydrogen-bond acceptors (Lipinski definition) is 4. The van der Waals surface area contributed by atoms with Gasteiger partial charge in [-0.05, 0) is 55.3 Å². The van der Waals surface area contributed by atoms with Gasteiger partial charge in [0, 0.05) is 24.2 Å². The molecule has 1 N–H and O–H groups in total. The van der Waals surface area contributed by atoms with Crippen LogP contribution in [0.25, 0.3) is 0 Å². The molecule has 1 saturated heterocycles. The van der Waals surface area contributed by atoms with Crippen LogP contribution in [0.4, 0.5) is 11.4 Å². The molecule has 0 saturated carbocycles. The molecule has 7 heteroatoms. The van der Waals surface area contributed by atoms with E-state index in [-0.39, 0.29) is 16.8 Å². The molecule has 0 aliphatic carbocycles. The number of hydrogen-bond donors (Lipinski definition) is 1. The van der Waals surface area contributed by atoms with Crippen LogP contribution in [-0.4, -0.2) is 31.4 Å². The Morgan fingerprint density at radius 1 is 1.07 bits per heavy atom. The van der Waals surface area contributed by atoms with Gasteiger partial charge in [-0.15, -0.1) is 0 Å². The molecule has 27 heavy (non-hydrogen) atoms. The van der Waals surface area contributed by atoms with E-state index in [0.717, 1.165) is 18.5 Å². The normalized spacial score (nSPS) is 14.0. The number of ether oxygens (including phenoxy) is 1. The van der Waals surface area contributed by atoms with Crippen LogP contribution in [0.1, 0.15) is 40.0 Å². The average molecular weight is 387 g/mol. The minimum Gasteiger partial charge on any atom is -0.465 e. The van der Waals surface area contributed by atoms with Gasteiger partial charge >= 0.3 is 5.97 Å². The largest absolute Gasteiger partial charge is 0.465 e. The Bertz CT molecular complexity index is 880. The van der Waals surface area contributed by atoms with Gasteiger partial charge in [0.15, 0.2) is 0 Å². The third-order valence-corrected chi connectivity index (χ3v) is 4.72. The molecular weight excluding hydrogens is 368 g/mol. The third-order valence-electron chi connectivity index (χ3n) is 4.40. The van der Waals surface area contributed by atoms with Crippen LogP contribution in [-0.2, 0) is 9.53 Å². The maximum atomic E-state index is 12.5. The maximum Gasteiger partial charge on any atom is 0.337 e. The van der Waals surface area contributed by atoms with E-state index in [0.29, 0.717) is 29.8 Å². The summed E-state index contributed by atoms with van der Waals surface area (Å²) in [5.41, 5.74) is 1.92. The number of carbonyl (C=O) groups excluding carboxylic acids is 3. The zero-order valence-corrected chi connectivity index (χ0v) is 15.6. The predicted octanol–water partition coefficient (Wildman–Crippen LogP) is 3.90. The lowest BCUT2D eigenvalue weighted by Gasteiger charge is -2.26. The highest BCUT2D eigenvalue weighted by Crippen LogP contribution is 2.25. The second-order valence-corrected chi connectivity index (χ2v) is 6.60. The van der Waals surface area contributed by atoms with Crippen LogP contribution >= 0.6 is 11.6 Å². The van der Waals surface area contributed by atoms with E-state index in [1.54, 1.807) is 35.2 Å². The van der Waals surface area contributed by atoms with Gasteiger partial charge in [0.2, 0.25) is 5.91 Å². The fourth-order valence-electron chi connectivity index (χ4n) is 2.93. The summed E-state index contributed by atoms with van der Waals surface area (Å²) >= 11 is 6.14. The van der Waals surface area contributed by atoms with Crippen molar-refractivity contribution < 1.29 is 19.1 Å². The van der Waals surface area contributed by atoms with E-state index in [9.17, 15) is 14.4 Å². The summed E-state index contributed by atoms with van der Waals surface area (Å²) in [5.74, 6) is -0.729. The topological polar surface area (TPSA) is 75.7 Å². The van der Waals surface area contributed by atoms with Crippen molar-refractivity contribution in [3.63, 3.8) is 0 Å². The number of anilines is 2. The highest BCUT2D eigenvalue weighted by Gasteiger charge is 2.20. The smallest absolute Gasteiger partial charge is 0.337 e. The van der Waals surface area contributed by atoms with E-state index >= 15 is 0 Å². The molecule has 2 aromatic rings. The quantitative estimate of drug-likeness (QED) is 0.808. The number of rotatable bonds is 4. The molecule has 1 aliphatic rings. The zero-order chi connectivity index (χ0) is 19.4. The lowest BCUT2D eigenvalue weighted by Crippen LogP contribution is -2.35. The number of halogens is 1. The van der Waals surface area contributed by atoms with Crippen molar-refractivity contribution in [3.8, 4) is 0 Å². The second-order valence-electron chi connectivity index (χ2n) is 6.19. The first-order valence-corrected chi connectivity index (χ1v) is 8.97. The van der Waals surface area contributed by atoms with E-state index in [1.807, 2.05) is 0 Å². The van der Waals surface area contributed by atoms with Crippen molar-refractivity contribution in [2.24, 2.45) is 0 Å². The molecule has 3 rings (SSSR count). The molecule has 1 aliphatic heterocycles. The Morgan fingerprint density at radius 2 is 1.78 bits per heavy atom. The van der Waals surface area contributed by atoms with E-state index in [1.165, 1.54) is 19.2 Å². The van der Waals surface area contributed by atoms with Crippen molar-refractivity contribution in [1.82, 2.24) is 0 Å². The molecule has 0 spiro atoms. The van der Waals surface area contributed by atoms with Crippen molar-refractivity contribution in [1.29, 1.82) is 0 Å². The number of benzene rings is 2. The standard InChI is InChI=1S/C20H19ClN2O4/c1-27-20(26)14-7-10-17(16(21)12-14)22-19(25)13-5-8-15(9-6-13)23-11-3-2-4-18(23)24/h5-10,12H,2-4,11H2,1H3,(H,22,25). The summed E-state index contributed by atoms with van der Waals surface area (Å²) in [6.07, 6.45) is 2.46. The number of esters is 1. The fraction of sp³-hybridized carbons (Fsp3) is 0.250. The monoisotopic (exact) mass is 386 g/mol. The summed E-state index contributed by atoms with van der Waals surface area (Å²) in [4.78, 5) is 37.7. The number of methoxy groups -OCH3 is 1. The minimum absolute atomic E-state index is 0.107. The Morgan fingerprint density at radius 3 is 2.41 bits per heavy atom. The highest BCUT2D eigenvalue weighted by molar-refractivity contribution is 6.34. The van der Waals surface area contributed by atoms with Crippen molar-refractivity contribution in [3.05, 3.63) is 58.6 Å². The van der Waals surface area contributed by atoms with Crippen molar-refractivity contribution >= 4 is 40.8 Å². The summed E-state index contributed by atoms with van der Waals surface area (Å²) in [6, 6.07) is 11.4. The Labute approximate surface area is 162 Å². The number of carbonyl (C=O) groups is 3. The van der Waals surface area contributed by atoms with Gasteiger partial charge < -0.3 is 15.0 Å². The van der Waals surface area contributed by atoms with E-state index in [4.69, 9.17) is 11.6 Å². The average Bonchev–Trinajstić information content (AvgIpc) is 2.69. The number of amides is 2. The number of piperidine rings is 1. The van der Waals surface area contributed by atoms with Gasteiger partial charge in [0.25, 0.3) is 5.91 Å². The minimum atomic E-state index is -0.502. The van der Waals surface area contributed by atoms with Gasteiger partial charge in [-0.3, -0.25) is 9.59 Å². The van der Waals surface area contributed by atoms with Gasteiger partial charge in [0.05, 0.1) is 23.4 Å². The summed E-state index contributed by atoms with van der Waals surface area (Å²) in [6.45, 7) is 0.701. The van der Waals surface area contributed by atoms with Crippen LogP contribution in [0.2, 0.25) is 5.02 Å². The second kappa shape index (κ2) is 8.22. The molecule has 1 heterocycles. The van der Waals surface area contributed by atoms with Gasteiger partial charge in [-0.2, -0.15) is 0 Å². The van der Waals surface area contributed by atoms with Crippen LogP contribution < -0.4 is 10.2 Å². The third kappa shape index (κ3) is 4.28. The lowest BCUT2D eigenvalue weighted by molar-refractivity contribution is -0.119. The fourth-order valence-corrected chi connectivity index (χ4v) is 3.16. The molecule has 0 atom stereocenters. The molecule has 1 fully saturated rings. The molecule has 6 nitrogen and oxygen atoms in total. The number of nitrogens with one attached hydrogen (secondary N) is 1. The van der Waals surface area contributed by atoms with Crippen LogP contribution in [0.15, 0.2) is 42.5 Å². The first-order valence-electron chi connectivity index (χ1n) is 8.59. The summed E-state index contributed by atoms with van der Waals surface area (Å²) in [5, 5.41) is 2.95. The Hall–Kier alpha value is -2.86. The molecule has 0 unspecified atom stereocenters. The van der Waals surface area contributed by atoms with Crippen LogP contribution in [0.3, 0.4) is 0 Å². The molecule has 2 amide bonds. The van der Waals surface area contributed by atoms with Gasteiger partial charge in [-0.25, -0.2) is 4.79 Å². The van der Waals surface area contributed by atoms with Gasteiger partial charge in [0.1, 0.15) is 0 Å².